The molecule has 0 saturated carbocycles. The Balaban J connectivity index is 2.09. The summed E-state index contributed by atoms with van der Waals surface area (Å²) in [4.78, 5) is 30.4. The number of carbonyl (C=O) groups is 2. The molecule has 2 heterocycles. The van der Waals surface area contributed by atoms with E-state index in [1.807, 2.05) is 20.8 Å². The van der Waals surface area contributed by atoms with Gasteiger partial charge in [0, 0.05) is 11.4 Å². The monoisotopic (exact) mass is 313 g/mol. The topological polar surface area (TPSA) is 91.8 Å². The first kappa shape index (κ1) is 15.7. The summed E-state index contributed by atoms with van der Waals surface area (Å²) in [5, 5.41) is 12.5. The summed E-state index contributed by atoms with van der Waals surface area (Å²) in [6.07, 6.45) is 0. The van der Waals surface area contributed by atoms with E-state index in [1.54, 1.807) is 0 Å². The number of aromatic nitrogens is 1. The number of likely N-dealkylation sites (N-methyl/N-ethyl adjacent to an activating group) is 1. The Hall–Kier alpha value is -1.67. The van der Waals surface area contributed by atoms with Gasteiger partial charge < -0.3 is 14.7 Å². The van der Waals surface area contributed by atoms with Crippen molar-refractivity contribution in [2.45, 2.75) is 26.8 Å². The molecule has 0 aromatic carbocycles. The van der Waals surface area contributed by atoms with Crippen molar-refractivity contribution in [3.8, 4) is 0 Å². The number of amides is 2. The molecule has 1 fully saturated rings. The van der Waals surface area contributed by atoms with E-state index in [0.717, 1.165) is 10.6 Å². The number of ether oxygens (including phenoxy) is 1. The van der Waals surface area contributed by atoms with Crippen molar-refractivity contribution in [1.82, 2.24) is 9.88 Å². The molecule has 21 heavy (non-hydrogen) atoms. The lowest BCUT2D eigenvalue weighted by Crippen LogP contribution is -2.48. The fourth-order valence-electron chi connectivity index (χ4n) is 2.30. The largest absolute Gasteiger partial charge is 0.481 e. The lowest BCUT2D eigenvalue weighted by molar-refractivity contribution is -0.142. The Morgan fingerprint density at radius 1 is 1.48 bits per heavy atom. The molecule has 2 atom stereocenters. The van der Waals surface area contributed by atoms with Gasteiger partial charge in [-0.1, -0.05) is 0 Å². The van der Waals surface area contributed by atoms with Gasteiger partial charge in [-0.3, -0.25) is 10.1 Å². The van der Waals surface area contributed by atoms with Crippen molar-refractivity contribution in [2.24, 2.45) is 5.92 Å². The van der Waals surface area contributed by atoms with E-state index in [2.05, 4.69) is 10.3 Å². The summed E-state index contributed by atoms with van der Waals surface area (Å²) in [5.74, 6) is -1.62. The number of carboxylic acids is 1. The zero-order chi connectivity index (χ0) is 15.6. The van der Waals surface area contributed by atoms with Gasteiger partial charge in [-0.2, -0.15) is 0 Å². The summed E-state index contributed by atoms with van der Waals surface area (Å²) < 4.78 is 5.22. The quantitative estimate of drug-likeness (QED) is 0.883. The van der Waals surface area contributed by atoms with Crippen LogP contribution in [0.4, 0.5) is 9.93 Å². The van der Waals surface area contributed by atoms with E-state index < -0.39 is 17.9 Å². The molecule has 7 nitrogen and oxygen atoms in total. The highest BCUT2D eigenvalue weighted by atomic mass is 32.1. The van der Waals surface area contributed by atoms with E-state index in [4.69, 9.17) is 4.74 Å². The van der Waals surface area contributed by atoms with Crippen LogP contribution in [0.5, 0.6) is 0 Å². The van der Waals surface area contributed by atoms with E-state index in [-0.39, 0.29) is 19.2 Å². The fraction of sp³-hybridized carbons (Fsp3) is 0.615. The maximum absolute atomic E-state index is 12.4. The van der Waals surface area contributed by atoms with E-state index >= 15 is 0 Å². The average Bonchev–Trinajstić information content (AvgIpc) is 2.99. The molecule has 0 bridgehead atoms. The van der Waals surface area contributed by atoms with Gasteiger partial charge in [-0.15, -0.1) is 11.3 Å². The molecule has 1 aliphatic rings. The van der Waals surface area contributed by atoms with E-state index in [1.165, 1.54) is 16.2 Å². The van der Waals surface area contributed by atoms with Crippen molar-refractivity contribution < 1.29 is 19.4 Å². The van der Waals surface area contributed by atoms with E-state index in [0.29, 0.717) is 11.7 Å². The predicted octanol–water partition coefficient (Wildman–Crippen LogP) is 1.71. The number of aryl methyl sites for hydroxylation is 2. The van der Waals surface area contributed by atoms with Crippen molar-refractivity contribution in [2.75, 3.05) is 25.1 Å². The molecule has 2 amide bonds. The number of aliphatic carboxylic acids is 1. The Labute approximate surface area is 126 Å². The van der Waals surface area contributed by atoms with Gasteiger partial charge in [0.2, 0.25) is 0 Å². The summed E-state index contributed by atoms with van der Waals surface area (Å²) in [5.41, 5.74) is 0.881. The average molecular weight is 313 g/mol. The highest BCUT2D eigenvalue weighted by Crippen LogP contribution is 2.24. The molecule has 1 saturated heterocycles. The molecule has 1 aromatic rings. The predicted molar refractivity (Wildman–Crippen MR) is 78.7 cm³/mol. The standard InChI is InChI=1S/C13H19N3O4S/c1-4-16(10-6-20-5-9(10)11(17)18)13(19)15-12-14-7(2)8(3)21-12/h9-10H,4-6H2,1-3H3,(H,17,18)(H,14,15,19). The number of carboxylic acid groups (broad SMARTS) is 1. The van der Waals surface area contributed by atoms with Crippen LogP contribution in [0.3, 0.4) is 0 Å². The molecule has 0 spiro atoms. The second-order valence-electron chi connectivity index (χ2n) is 4.93. The van der Waals surface area contributed by atoms with Crippen LogP contribution >= 0.6 is 11.3 Å². The Morgan fingerprint density at radius 2 is 2.19 bits per heavy atom. The Bertz CT molecular complexity index is 526. The van der Waals surface area contributed by atoms with Gasteiger partial charge in [-0.05, 0) is 20.8 Å². The number of hydrogen-bond acceptors (Lipinski definition) is 5. The molecule has 0 aliphatic carbocycles. The summed E-state index contributed by atoms with van der Waals surface area (Å²) in [6, 6.07) is -0.789. The van der Waals surface area contributed by atoms with Gasteiger partial charge in [-0.25, -0.2) is 9.78 Å². The molecular formula is C13H19N3O4S. The summed E-state index contributed by atoms with van der Waals surface area (Å²) in [6.45, 7) is 6.42. The molecule has 1 aromatic heterocycles. The molecule has 2 N–H and O–H groups in total. The van der Waals surface area contributed by atoms with Crippen molar-refractivity contribution in [3.63, 3.8) is 0 Å². The number of rotatable bonds is 4. The van der Waals surface area contributed by atoms with Crippen LogP contribution in [0.15, 0.2) is 0 Å². The highest BCUT2D eigenvalue weighted by Gasteiger charge is 2.39. The zero-order valence-corrected chi connectivity index (χ0v) is 13.1. The first-order valence-electron chi connectivity index (χ1n) is 6.76. The SMILES string of the molecule is CCN(C(=O)Nc1nc(C)c(C)s1)C1COCC1C(=O)O. The molecule has 8 heteroatoms. The molecule has 116 valence electrons. The lowest BCUT2D eigenvalue weighted by Gasteiger charge is -2.28. The normalized spacial score (nSPS) is 21.3. The first-order chi connectivity index (χ1) is 9.93. The summed E-state index contributed by atoms with van der Waals surface area (Å²) >= 11 is 1.40. The minimum Gasteiger partial charge on any atom is -0.481 e. The maximum atomic E-state index is 12.4. The van der Waals surface area contributed by atoms with Crippen molar-refractivity contribution in [3.05, 3.63) is 10.6 Å². The lowest BCUT2D eigenvalue weighted by atomic mass is 10.0. The van der Waals surface area contributed by atoms with Crippen LogP contribution in [0.1, 0.15) is 17.5 Å². The van der Waals surface area contributed by atoms with Gasteiger partial charge in [0.25, 0.3) is 0 Å². The van der Waals surface area contributed by atoms with Crippen LogP contribution in [0.25, 0.3) is 0 Å². The minimum absolute atomic E-state index is 0.138. The third-order valence-corrected chi connectivity index (χ3v) is 4.60. The number of nitrogens with one attached hydrogen (secondary N) is 1. The molecule has 2 rings (SSSR count). The zero-order valence-electron chi connectivity index (χ0n) is 12.3. The third kappa shape index (κ3) is 3.33. The Kier molecular flexibility index (Phi) is 4.79. The first-order valence-corrected chi connectivity index (χ1v) is 7.57. The smallest absolute Gasteiger partial charge is 0.323 e. The second-order valence-corrected chi connectivity index (χ2v) is 6.13. The van der Waals surface area contributed by atoms with Crippen LogP contribution in [-0.2, 0) is 9.53 Å². The number of thiazole rings is 1. The number of anilines is 1. The molecule has 2 unspecified atom stereocenters. The third-order valence-electron chi connectivity index (χ3n) is 3.61. The maximum Gasteiger partial charge on any atom is 0.323 e. The second kappa shape index (κ2) is 6.40. The van der Waals surface area contributed by atoms with Crippen LogP contribution < -0.4 is 5.32 Å². The van der Waals surface area contributed by atoms with Gasteiger partial charge in [0.1, 0.15) is 5.92 Å². The molecule has 1 aliphatic heterocycles. The minimum atomic E-state index is -0.940. The Morgan fingerprint density at radius 3 is 2.71 bits per heavy atom. The van der Waals surface area contributed by atoms with Crippen LogP contribution in [-0.4, -0.2) is 52.8 Å². The number of carbonyl (C=O) groups excluding carboxylic acids is 1. The van der Waals surface area contributed by atoms with Crippen molar-refractivity contribution in [1.29, 1.82) is 0 Å². The number of hydrogen-bond donors (Lipinski definition) is 2. The number of urea groups is 1. The fourth-order valence-corrected chi connectivity index (χ4v) is 3.11. The van der Waals surface area contributed by atoms with Crippen LogP contribution in [0.2, 0.25) is 0 Å². The molecule has 0 radical (unpaired) electrons. The van der Waals surface area contributed by atoms with Gasteiger partial charge in [0.15, 0.2) is 5.13 Å². The van der Waals surface area contributed by atoms with Crippen LogP contribution in [0, 0.1) is 19.8 Å². The number of nitrogens with zero attached hydrogens (tertiary/aromatic N) is 2. The van der Waals surface area contributed by atoms with Crippen molar-refractivity contribution >= 4 is 28.5 Å². The van der Waals surface area contributed by atoms with E-state index in [9.17, 15) is 14.7 Å². The highest BCUT2D eigenvalue weighted by molar-refractivity contribution is 7.15. The van der Waals surface area contributed by atoms with Gasteiger partial charge >= 0.3 is 12.0 Å². The summed E-state index contributed by atoms with van der Waals surface area (Å²) in [7, 11) is 0. The molecular weight excluding hydrogens is 294 g/mol. The van der Waals surface area contributed by atoms with Gasteiger partial charge in [0.05, 0.1) is 24.9 Å².